The summed E-state index contributed by atoms with van der Waals surface area (Å²) in [5.41, 5.74) is 0.818. The molecule has 0 amide bonds. The monoisotopic (exact) mass is 246 g/mol. The van der Waals surface area contributed by atoms with Crippen LogP contribution >= 0.6 is 23.2 Å². The van der Waals surface area contributed by atoms with Gasteiger partial charge in [0.15, 0.2) is 5.79 Å². The van der Waals surface area contributed by atoms with Crippen LogP contribution < -0.4 is 0 Å². The van der Waals surface area contributed by atoms with Gasteiger partial charge in [0.25, 0.3) is 0 Å². The van der Waals surface area contributed by atoms with E-state index >= 15 is 0 Å². The number of hydrogen-bond acceptors (Lipinski definition) is 2. The summed E-state index contributed by atoms with van der Waals surface area (Å²) in [6.45, 7) is 4.41. The van der Waals surface area contributed by atoms with Gasteiger partial charge in [0.05, 0.1) is 17.7 Å². The number of benzene rings is 1. The molecule has 1 fully saturated rings. The Balaban J connectivity index is 2.37. The van der Waals surface area contributed by atoms with E-state index in [1.165, 1.54) is 0 Å². The van der Waals surface area contributed by atoms with Gasteiger partial charge in [-0.2, -0.15) is 0 Å². The summed E-state index contributed by atoms with van der Waals surface area (Å²) < 4.78 is 11.3. The molecule has 1 aliphatic heterocycles. The third kappa shape index (κ3) is 2.13. The molecule has 0 aliphatic carbocycles. The van der Waals surface area contributed by atoms with E-state index in [-0.39, 0.29) is 6.10 Å². The summed E-state index contributed by atoms with van der Waals surface area (Å²) in [6.07, 6.45) is 0.0849. The van der Waals surface area contributed by atoms with Crippen molar-refractivity contribution < 1.29 is 9.47 Å². The van der Waals surface area contributed by atoms with Crippen molar-refractivity contribution in [3.63, 3.8) is 0 Å². The van der Waals surface area contributed by atoms with Gasteiger partial charge >= 0.3 is 0 Å². The normalized spacial score (nSPS) is 30.8. The molecule has 0 radical (unpaired) electrons. The number of halogens is 2. The van der Waals surface area contributed by atoms with E-state index in [0.717, 1.165) is 5.56 Å². The van der Waals surface area contributed by atoms with Gasteiger partial charge in [0.2, 0.25) is 0 Å². The third-order valence-corrected chi connectivity index (χ3v) is 2.99. The second-order valence-corrected chi connectivity index (χ2v) is 4.65. The maximum absolute atomic E-state index is 6.10. The standard InChI is InChI=1S/C11H12Cl2O2/c1-7-6-14-11(2,15-7)9-4-3-8(12)5-10(9)13/h3-5,7H,6H2,1-2H3. The lowest BCUT2D eigenvalue weighted by molar-refractivity contribution is -0.159. The second-order valence-electron chi connectivity index (χ2n) is 3.81. The van der Waals surface area contributed by atoms with Gasteiger partial charge in [-0.05, 0) is 26.0 Å². The molecule has 1 aliphatic rings. The maximum atomic E-state index is 6.10. The zero-order chi connectivity index (χ0) is 11.1. The fraction of sp³-hybridized carbons (Fsp3) is 0.455. The van der Waals surface area contributed by atoms with Crippen LogP contribution in [-0.4, -0.2) is 12.7 Å². The Morgan fingerprint density at radius 1 is 1.40 bits per heavy atom. The van der Waals surface area contributed by atoms with Crippen molar-refractivity contribution in [2.45, 2.75) is 25.7 Å². The molecule has 1 saturated heterocycles. The van der Waals surface area contributed by atoms with Crippen LogP contribution in [0.3, 0.4) is 0 Å². The predicted octanol–water partition coefficient (Wildman–Crippen LogP) is 3.60. The van der Waals surface area contributed by atoms with Crippen LogP contribution in [0.25, 0.3) is 0 Å². The zero-order valence-corrected chi connectivity index (χ0v) is 10.1. The summed E-state index contributed by atoms with van der Waals surface area (Å²) >= 11 is 11.9. The van der Waals surface area contributed by atoms with Crippen LogP contribution in [0.2, 0.25) is 10.0 Å². The van der Waals surface area contributed by atoms with Crippen LogP contribution in [0.15, 0.2) is 18.2 Å². The molecule has 15 heavy (non-hydrogen) atoms. The lowest BCUT2D eigenvalue weighted by Gasteiger charge is -2.24. The van der Waals surface area contributed by atoms with Crippen molar-refractivity contribution in [2.24, 2.45) is 0 Å². The van der Waals surface area contributed by atoms with E-state index in [1.54, 1.807) is 12.1 Å². The fourth-order valence-corrected chi connectivity index (χ4v) is 2.31. The minimum absolute atomic E-state index is 0.0849. The summed E-state index contributed by atoms with van der Waals surface area (Å²) in [5, 5.41) is 1.18. The first-order chi connectivity index (χ1) is 7.01. The number of ether oxygens (including phenoxy) is 2. The van der Waals surface area contributed by atoms with Crippen molar-refractivity contribution in [2.75, 3.05) is 6.61 Å². The topological polar surface area (TPSA) is 18.5 Å². The molecular formula is C11H12Cl2O2. The number of hydrogen-bond donors (Lipinski definition) is 0. The van der Waals surface area contributed by atoms with Crippen LogP contribution in [0, 0.1) is 0 Å². The van der Waals surface area contributed by atoms with E-state index in [0.29, 0.717) is 16.7 Å². The molecule has 4 heteroatoms. The molecule has 1 aromatic carbocycles. The molecule has 1 aromatic rings. The first kappa shape index (κ1) is 11.2. The van der Waals surface area contributed by atoms with Gasteiger partial charge in [-0.3, -0.25) is 0 Å². The average molecular weight is 247 g/mol. The van der Waals surface area contributed by atoms with Crippen LogP contribution in [-0.2, 0) is 15.3 Å². The Labute approximate surface area is 99.1 Å². The molecule has 2 unspecified atom stereocenters. The van der Waals surface area contributed by atoms with Gasteiger partial charge in [-0.15, -0.1) is 0 Å². The Morgan fingerprint density at radius 2 is 2.13 bits per heavy atom. The van der Waals surface area contributed by atoms with Gasteiger partial charge in [0, 0.05) is 10.6 Å². The van der Waals surface area contributed by atoms with E-state index < -0.39 is 5.79 Å². The van der Waals surface area contributed by atoms with E-state index in [9.17, 15) is 0 Å². The van der Waals surface area contributed by atoms with Gasteiger partial charge in [-0.25, -0.2) is 0 Å². The maximum Gasteiger partial charge on any atom is 0.193 e. The highest BCUT2D eigenvalue weighted by molar-refractivity contribution is 6.35. The Morgan fingerprint density at radius 3 is 2.67 bits per heavy atom. The Bertz CT molecular complexity index is 381. The van der Waals surface area contributed by atoms with Crippen molar-refractivity contribution in [1.29, 1.82) is 0 Å². The predicted molar refractivity (Wildman–Crippen MR) is 60.3 cm³/mol. The summed E-state index contributed by atoms with van der Waals surface area (Å²) in [5.74, 6) is -0.749. The number of rotatable bonds is 1. The van der Waals surface area contributed by atoms with Crippen LogP contribution in [0.1, 0.15) is 19.4 Å². The van der Waals surface area contributed by atoms with E-state index in [1.807, 2.05) is 19.9 Å². The lowest BCUT2D eigenvalue weighted by Crippen LogP contribution is -2.23. The Kier molecular flexibility index (Phi) is 2.95. The molecule has 2 rings (SSSR count). The fourth-order valence-electron chi connectivity index (χ4n) is 1.73. The highest BCUT2D eigenvalue weighted by Gasteiger charge is 2.38. The van der Waals surface area contributed by atoms with Crippen molar-refractivity contribution in [3.8, 4) is 0 Å². The average Bonchev–Trinajstić information content (AvgIpc) is 2.46. The molecule has 0 saturated carbocycles. The largest absolute Gasteiger partial charge is 0.343 e. The zero-order valence-electron chi connectivity index (χ0n) is 8.59. The smallest absolute Gasteiger partial charge is 0.193 e. The highest BCUT2D eigenvalue weighted by atomic mass is 35.5. The van der Waals surface area contributed by atoms with E-state index in [4.69, 9.17) is 32.7 Å². The van der Waals surface area contributed by atoms with Crippen molar-refractivity contribution >= 4 is 23.2 Å². The summed E-state index contributed by atoms with van der Waals surface area (Å²) in [4.78, 5) is 0. The quantitative estimate of drug-likeness (QED) is 0.754. The highest BCUT2D eigenvalue weighted by Crippen LogP contribution is 2.38. The molecule has 1 heterocycles. The molecule has 2 atom stereocenters. The first-order valence-electron chi connectivity index (χ1n) is 4.78. The van der Waals surface area contributed by atoms with E-state index in [2.05, 4.69) is 0 Å². The molecule has 0 bridgehead atoms. The van der Waals surface area contributed by atoms with Crippen LogP contribution in [0.4, 0.5) is 0 Å². The summed E-state index contributed by atoms with van der Waals surface area (Å²) in [6, 6.07) is 5.31. The van der Waals surface area contributed by atoms with Gasteiger partial charge < -0.3 is 9.47 Å². The molecular weight excluding hydrogens is 235 g/mol. The first-order valence-corrected chi connectivity index (χ1v) is 5.54. The second kappa shape index (κ2) is 3.95. The molecule has 0 aromatic heterocycles. The molecule has 2 nitrogen and oxygen atoms in total. The van der Waals surface area contributed by atoms with Crippen LogP contribution in [0.5, 0.6) is 0 Å². The third-order valence-electron chi connectivity index (χ3n) is 2.44. The minimum Gasteiger partial charge on any atom is -0.343 e. The molecule has 82 valence electrons. The van der Waals surface area contributed by atoms with Crippen molar-refractivity contribution in [3.05, 3.63) is 33.8 Å². The molecule has 0 spiro atoms. The SMILES string of the molecule is CC1COC(C)(c2ccc(Cl)cc2Cl)O1. The lowest BCUT2D eigenvalue weighted by atomic mass is 10.1. The summed E-state index contributed by atoms with van der Waals surface area (Å²) in [7, 11) is 0. The van der Waals surface area contributed by atoms with Crippen molar-refractivity contribution in [1.82, 2.24) is 0 Å². The molecule has 0 N–H and O–H groups in total. The Hall–Kier alpha value is -0.280. The van der Waals surface area contributed by atoms with Gasteiger partial charge in [-0.1, -0.05) is 29.3 Å². The minimum atomic E-state index is -0.749. The van der Waals surface area contributed by atoms with Gasteiger partial charge in [0.1, 0.15) is 0 Å².